The van der Waals surface area contributed by atoms with E-state index in [4.69, 9.17) is 9.47 Å². The number of nitrogens with zero attached hydrogens (tertiary/aromatic N) is 1. The Balaban J connectivity index is 2.56. The van der Waals surface area contributed by atoms with Crippen molar-refractivity contribution >= 4 is 0 Å². The standard InChI is InChI=1S/C11H23NO2/c1-9(2)12-6-7-14-10(8-12)11(3,4)13-5/h9-10H,6-8H2,1-5H3/t10-/m0/s1. The van der Waals surface area contributed by atoms with Gasteiger partial charge in [0.05, 0.1) is 18.3 Å². The third-order valence-corrected chi connectivity index (χ3v) is 3.13. The summed E-state index contributed by atoms with van der Waals surface area (Å²) >= 11 is 0. The number of hydrogen-bond donors (Lipinski definition) is 0. The van der Waals surface area contributed by atoms with Crippen LogP contribution in [0.2, 0.25) is 0 Å². The van der Waals surface area contributed by atoms with Gasteiger partial charge in [0.25, 0.3) is 0 Å². The van der Waals surface area contributed by atoms with Crippen LogP contribution in [-0.4, -0.2) is 49.5 Å². The van der Waals surface area contributed by atoms with Crippen LogP contribution in [0.4, 0.5) is 0 Å². The molecule has 1 rings (SSSR count). The summed E-state index contributed by atoms with van der Waals surface area (Å²) in [5.41, 5.74) is -0.187. The first-order valence-corrected chi connectivity index (χ1v) is 5.38. The lowest BCUT2D eigenvalue weighted by atomic mass is 9.99. The second-order valence-corrected chi connectivity index (χ2v) is 4.76. The largest absolute Gasteiger partial charge is 0.376 e. The maximum absolute atomic E-state index is 5.75. The van der Waals surface area contributed by atoms with E-state index in [0.717, 1.165) is 19.7 Å². The van der Waals surface area contributed by atoms with Gasteiger partial charge in [0.15, 0.2) is 0 Å². The van der Waals surface area contributed by atoms with Crippen molar-refractivity contribution in [3.8, 4) is 0 Å². The molecule has 84 valence electrons. The molecule has 0 amide bonds. The van der Waals surface area contributed by atoms with Crippen LogP contribution < -0.4 is 0 Å². The van der Waals surface area contributed by atoms with E-state index in [1.807, 2.05) is 0 Å². The number of ether oxygens (including phenoxy) is 2. The molecule has 0 unspecified atom stereocenters. The monoisotopic (exact) mass is 201 g/mol. The first-order chi connectivity index (χ1) is 6.47. The highest BCUT2D eigenvalue weighted by Gasteiger charge is 2.34. The summed E-state index contributed by atoms with van der Waals surface area (Å²) in [4.78, 5) is 2.44. The average molecular weight is 201 g/mol. The molecule has 0 N–H and O–H groups in total. The first-order valence-electron chi connectivity index (χ1n) is 5.38. The molecule has 0 aliphatic carbocycles. The highest BCUT2D eigenvalue weighted by Crippen LogP contribution is 2.21. The van der Waals surface area contributed by atoms with E-state index >= 15 is 0 Å². The molecule has 0 spiro atoms. The Kier molecular flexibility index (Phi) is 3.93. The smallest absolute Gasteiger partial charge is 0.0986 e. The Bertz CT molecular complexity index is 180. The number of methoxy groups -OCH3 is 1. The van der Waals surface area contributed by atoms with Gasteiger partial charge < -0.3 is 9.47 Å². The SMILES string of the molecule is COC(C)(C)[C@@H]1CN(C(C)C)CCO1. The van der Waals surface area contributed by atoms with Crippen molar-refractivity contribution in [2.24, 2.45) is 0 Å². The lowest BCUT2D eigenvalue weighted by Crippen LogP contribution is -2.54. The molecule has 0 saturated carbocycles. The molecule has 1 aliphatic heterocycles. The Morgan fingerprint density at radius 2 is 2.07 bits per heavy atom. The topological polar surface area (TPSA) is 21.7 Å². The minimum Gasteiger partial charge on any atom is -0.376 e. The molecule has 1 heterocycles. The summed E-state index contributed by atoms with van der Waals surface area (Å²) in [5.74, 6) is 0. The molecule has 0 bridgehead atoms. The zero-order chi connectivity index (χ0) is 10.8. The minimum absolute atomic E-state index is 0.184. The molecule has 1 fully saturated rings. The maximum atomic E-state index is 5.75. The summed E-state index contributed by atoms with van der Waals surface area (Å²) in [5, 5.41) is 0. The van der Waals surface area contributed by atoms with E-state index in [0.29, 0.717) is 6.04 Å². The molecular formula is C11H23NO2. The highest BCUT2D eigenvalue weighted by molar-refractivity contribution is 4.86. The van der Waals surface area contributed by atoms with Crippen molar-refractivity contribution in [3.63, 3.8) is 0 Å². The molecule has 3 nitrogen and oxygen atoms in total. The summed E-state index contributed by atoms with van der Waals surface area (Å²) in [6.07, 6.45) is 0.184. The predicted molar refractivity (Wildman–Crippen MR) is 57.5 cm³/mol. The quantitative estimate of drug-likeness (QED) is 0.691. The number of hydrogen-bond acceptors (Lipinski definition) is 3. The van der Waals surface area contributed by atoms with Gasteiger partial charge in [-0.3, -0.25) is 4.90 Å². The van der Waals surface area contributed by atoms with Crippen molar-refractivity contribution in [1.82, 2.24) is 4.90 Å². The van der Waals surface area contributed by atoms with Crippen molar-refractivity contribution in [2.45, 2.75) is 45.4 Å². The van der Waals surface area contributed by atoms with Gasteiger partial charge in [0.1, 0.15) is 0 Å². The third-order valence-electron chi connectivity index (χ3n) is 3.13. The minimum atomic E-state index is -0.187. The molecule has 1 atom stereocenters. The van der Waals surface area contributed by atoms with Gasteiger partial charge in [-0.25, -0.2) is 0 Å². The van der Waals surface area contributed by atoms with E-state index in [1.54, 1.807) is 7.11 Å². The van der Waals surface area contributed by atoms with Crippen LogP contribution in [0.25, 0.3) is 0 Å². The summed E-state index contributed by atoms with van der Waals surface area (Å²) < 4.78 is 11.2. The van der Waals surface area contributed by atoms with Crippen LogP contribution in [0.3, 0.4) is 0 Å². The van der Waals surface area contributed by atoms with Crippen LogP contribution in [0.15, 0.2) is 0 Å². The average Bonchev–Trinajstić information content (AvgIpc) is 2.18. The van der Waals surface area contributed by atoms with Crippen molar-refractivity contribution < 1.29 is 9.47 Å². The Morgan fingerprint density at radius 3 is 2.57 bits per heavy atom. The second kappa shape index (κ2) is 4.60. The van der Waals surface area contributed by atoms with Crippen LogP contribution in [-0.2, 0) is 9.47 Å². The molecule has 0 aromatic carbocycles. The molecule has 3 heteroatoms. The van der Waals surface area contributed by atoms with Crippen molar-refractivity contribution in [3.05, 3.63) is 0 Å². The molecule has 0 radical (unpaired) electrons. The first kappa shape index (κ1) is 12.0. The zero-order valence-electron chi connectivity index (χ0n) is 10.0. The van der Waals surface area contributed by atoms with Gasteiger partial charge in [0, 0.05) is 26.2 Å². The number of morpholine rings is 1. The van der Waals surface area contributed by atoms with E-state index < -0.39 is 0 Å². The fourth-order valence-electron chi connectivity index (χ4n) is 1.69. The van der Waals surface area contributed by atoms with Crippen molar-refractivity contribution in [2.75, 3.05) is 26.8 Å². The Labute approximate surface area is 87.4 Å². The van der Waals surface area contributed by atoms with Gasteiger partial charge in [-0.15, -0.1) is 0 Å². The fraction of sp³-hybridized carbons (Fsp3) is 1.00. The molecule has 1 aliphatic rings. The van der Waals surface area contributed by atoms with E-state index in [9.17, 15) is 0 Å². The van der Waals surface area contributed by atoms with Crippen LogP contribution in [0.1, 0.15) is 27.7 Å². The third kappa shape index (κ3) is 2.69. The lowest BCUT2D eigenvalue weighted by molar-refractivity contribution is -0.146. The van der Waals surface area contributed by atoms with Crippen LogP contribution in [0, 0.1) is 0 Å². The van der Waals surface area contributed by atoms with Crippen LogP contribution >= 0.6 is 0 Å². The molecule has 14 heavy (non-hydrogen) atoms. The predicted octanol–water partition coefficient (Wildman–Crippen LogP) is 1.52. The van der Waals surface area contributed by atoms with E-state index in [1.165, 1.54) is 0 Å². The molecule has 0 aromatic heterocycles. The normalized spacial score (nSPS) is 25.7. The molecule has 1 saturated heterocycles. The van der Waals surface area contributed by atoms with E-state index in [-0.39, 0.29) is 11.7 Å². The lowest BCUT2D eigenvalue weighted by Gasteiger charge is -2.41. The Hall–Kier alpha value is -0.120. The number of rotatable bonds is 3. The highest BCUT2D eigenvalue weighted by atomic mass is 16.5. The van der Waals surface area contributed by atoms with Crippen LogP contribution in [0.5, 0.6) is 0 Å². The zero-order valence-corrected chi connectivity index (χ0v) is 10.0. The van der Waals surface area contributed by atoms with E-state index in [2.05, 4.69) is 32.6 Å². The van der Waals surface area contributed by atoms with Crippen molar-refractivity contribution in [1.29, 1.82) is 0 Å². The second-order valence-electron chi connectivity index (χ2n) is 4.76. The van der Waals surface area contributed by atoms with Gasteiger partial charge in [-0.2, -0.15) is 0 Å². The summed E-state index contributed by atoms with van der Waals surface area (Å²) in [6.45, 7) is 11.4. The fourth-order valence-corrected chi connectivity index (χ4v) is 1.69. The van der Waals surface area contributed by atoms with Gasteiger partial charge >= 0.3 is 0 Å². The van der Waals surface area contributed by atoms with Gasteiger partial charge in [-0.1, -0.05) is 0 Å². The Morgan fingerprint density at radius 1 is 1.43 bits per heavy atom. The summed E-state index contributed by atoms with van der Waals surface area (Å²) in [6, 6.07) is 0.592. The van der Waals surface area contributed by atoms with Gasteiger partial charge in [-0.05, 0) is 27.7 Å². The molecule has 0 aromatic rings. The molecular weight excluding hydrogens is 178 g/mol. The maximum Gasteiger partial charge on any atom is 0.0986 e. The summed E-state index contributed by atoms with van der Waals surface area (Å²) in [7, 11) is 1.75. The van der Waals surface area contributed by atoms with Gasteiger partial charge in [0.2, 0.25) is 0 Å².